The van der Waals surface area contributed by atoms with Gasteiger partial charge in [-0.3, -0.25) is 4.98 Å². The minimum Gasteiger partial charge on any atom is -0.508 e. The van der Waals surface area contributed by atoms with E-state index < -0.39 is 11.7 Å². The number of halogens is 3. The molecule has 0 unspecified atom stereocenters. The zero-order chi connectivity index (χ0) is 15.9. The van der Waals surface area contributed by atoms with Crippen LogP contribution in [0.3, 0.4) is 0 Å². The van der Waals surface area contributed by atoms with Crippen molar-refractivity contribution in [3.8, 4) is 16.9 Å². The predicted molar refractivity (Wildman–Crippen MR) is 81.1 cm³/mol. The minimum absolute atomic E-state index is 0.0298. The first-order valence-corrected chi connectivity index (χ1v) is 6.80. The van der Waals surface area contributed by atoms with E-state index in [0.717, 1.165) is 6.07 Å². The van der Waals surface area contributed by atoms with Gasteiger partial charge in [0.05, 0.1) is 11.1 Å². The molecule has 0 spiro atoms. The summed E-state index contributed by atoms with van der Waals surface area (Å²) in [5, 5.41) is 9.94. The summed E-state index contributed by atoms with van der Waals surface area (Å²) in [6.45, 7) is 0. The first-order valence-electron chi connectivity index (χ1n) is 6.35. The lowest BCUT2D eigenvalue weighted by atomic mass is 9.99. The molecule has 0 radical (unpaired) electrons. The molecule has 1 heterocycles. The standard InChI is InChI=1S/C16H10F3NOS/c17-16(18,19)12-6-2-5-11-14(13(22)8-20-15(11)12)9-3-1-4-10(21)7-9/h1-8,21-22H. The van der Waals surface area contributed by atoms with Crippen LogP contribution in [-0.4, -0.2) is 10.1 Å². The molecule has 22 heavy (non-hydrogen) atoms. The number of aromatic nitrogens is 1. The van der Waals surface area contributed by atoms with Crippen molar-refractivity contribution in [3.05, 3.63) is 54.2 Å². The van der Waals surface area contributed by atoms with Gasteiger partial charge >= 0.3 is 6.18 Å². The fraction of sp³-hybridized carbons (Fsp3) is 0.0625. The maximum atomic E-state index is 13.1. The molecule has 1 aromatic heterocycles. The number of hydrogen-bond donors (Lipinski definition) is 2. The van der Waals surface area contributed by atoms with Crippen molar-refractivity contribution < 1.29 is 18.3 Å². The zero-order valence-electron chi connectivity index (χ0n) is 11.1. The van der Waals surface area contributed by atoms with Crippen LogP contribution in [0.25, 0.3) is 22.0 Å². The number of pyridine rings is 1. The van der Waals surface area contributed by atoms with Gasteiger partial charge in [0, 0.05) is 22.0 Å². The number of hydrogen-bond acceptors (Lipinski definition) is 3. The molecule has 1 N–H and O–H groups in total. The van der Waals surface area contributed by atoms with Gasteiger partial charge in [-0.1, -0.05) is 24.3 Å². The molecule has 6 heteroatoms. The maximum absolute atomic E-state index is 13.1. The Morgan fingerprint density at radius 3 is 2.45 bits per heavy atom. The van der Waals surface area contributed by atoms with Gasteiger partial charge in [0.15, 0.2) is 0 Å². The van der Waals surface area contributed by atoms with Gasteiger partial charge in [-0.05, 0) is 23.8 Å². The Bertz CT molecular complexity index is 862. The highest BCUT2D eigenvalue weighted by Gasteiger charge is 2.33. The summed E-state index contributed by atoms with van der Waals surface area (Å²) in [7, 11) is 0. The third-order valence-corrected chi connectivity index (χ3v) is 3.66. The second kappa shape index (κ2) is 5.21. The minimum atomic E-state index is -4.49. The number of para-hydroxylation sites is 1. The van der Waals surface area contributed by atoms with Crippen molar-refractivity contribution >= 4 is 23.5 Å². The Morgan fingerprint density at radius 1 is 1.05 bits per heavy atom. The molecule has 0 saturated carbocycles. The quantitative estimate of drug-likeness (QED) is 0.624. The lowest BCUT2D eigenvalue weighted by Gasteiger charge is -2.14. The fourth-order valence-electron chi connectivity index (χ4n) is 2.41. The van der Waals surface area contributed by atoms with E-state index in [1.165, 1.54) is 24.4 Å². The van der Waals surface area contributed by atoms with E-state index >= 15 is 0 Å². The number of nitrogens with zero attached hydrogens (tertiary/aromatic N) is 1. The van der Waals surface area contributed by atoms with E-state index in [2.05, 4.69) is 17.6 Å². The number of alkyl halides is 3. The van der Waals surface area contributed by atoms with E-state index in [1.54, 1.807) is 18.2 Å². The van der Waals surface area contributed by atoms with Crippen LogP contribution in [0.5, 0.6) is 5.75 Å². The van der Waals surface area contributed by atoms with E-state index in [1.807, 2.05) is 0 Å². The number of benzene rings is 2. The molecule has 0 aliphatic heterocycles. The first kappa shape index (κ1) is 14.7. The largest absolute Gasteiger partial charge is 0.508 e. The Morgan fingerprint density at radius 2 is 1.77 bits per heavy atom. The SMILES string of the molecule is Oc1cccc(-c2c(S)cnc3c(C(F)(F)F)cccc23)c1. The lowest BCUT2D eigenvalue weighted by Crippen LogP contribution is -2.06. The third-order valence-electron chi connectivity index (χ3n) is 3.32. The molecule has 0 aliphatic carbocycles. The van der Waals surface area contributed by atoms with Crippen molar-refractivity contribution in [3.63, 3.8) is 0 Å². The molecule has 0 bridgehead atoms. The average Bonchev–Trinajstić information content (AvgIpc) is 2.45. The molecular weight excluding hydrogens is 311 g/mol. The van der Waals surface area contributed by atoms with Gasteiger partial charge in [0.1, 0.15) is 5.75 Å². The van der Waals surface area contributed by atoms with Crippen LogP contribution in [0, 0.1) is 0 Å². The van der Waals surface area contributed by atoms with Gasteiger partial charge in [0.25, 0.3) is 0 Å². The number of aromatic hydroxyl groups is 1. The van der Waals surface area contributed by atoms with Crippen molar-refractivity contribution in [1.82, 2.24) is 4.98 Å². The molecule has 3 rings (SSSR count). The number of phenols is 1. The normalized spacial score (nSPS) is 11.8. The molecule has 112 valence electrons. The maximum Gasteiger partial charge on any atom is 0.418 e. The van der Waals surface area contributed by atoms with E-state index in [0.29, 0.717) is 21.4 Å². The van der Waals surface area contributed by atoms with Gasteiger partial charge in [0.2, 0.25) is 0 Å². The molecule has 2 aromatic carbocycles. The van der Waals surface area contributed by atoms with Crippen LogP contribution < -0.4 is 0 Å². The first-order chi connectivity index (χ1) is 10.4. The molecule has 0 amide bonds. The average molecular weight is 321 g/mol. The van der Waals surface area contributed by atoms with Crippen LogP contribution in [0.1, 0.15) is 5.56 Å². The summed E-state index contributed by atoms with van der Waals surface area (Å²) in [6, 6.07) is 10.2. The summed E-state index contributed by atoms with van der Waals surface area (Å²) in [6.07, 6.45) is -3.19. The summed E-state index contributed by atoms with van der Waals surface area (Å²) in [4.78, 5) is 4.34. The Labute approximate surface area is 129 Å². The summed E-state index contributed by atoms with van der Waals surface area (Å²) in [5.41, 5.74) is 0.165. The molecule has 0 atom stereocenters. The van der Waals surface area contributed by atoms with Crippen molar-refractivity contribution in [1.29, 1.82) is 0 Å². The number of phenolic OH excluding ortho intramolecular Hbond substituents is 1. The smallest absolute Gasteiger partial charge is 0.418 e. The second-order valence-electron chi connectivity index (χ2n) is 4.77. The second-order valence-corrected chi connectivity index (χ2v) is 5.25. The molecule has 0 aliphatic rings. The van der Waals surface area contributed by atoms with E-state index in [9.17, 15) is 18.3 Å². The van der Waals surface area contributed by atoms with Crippen LogP contribution in [-0.2, 0) is 6.18 Å². The van der Waals surface area contributed by atoms with Crippen molar-refractivity contribution in [2.45, 2.75) is 11.1 Å². The molecule has 0 saturated heterocycles. The van der Waals surface area contributed by atoms with Gasteiger partial charge < -0.3 is 5.11 Å². The number of rotatable bonds is 1. The Kier molecular flexibility index (Phi) is 3.48. The lowest BCUT2D eigenvalue weighted by molar-refractivity contribution is -0.136. The third kappa shape index (κ3) is 2.50. The van der Waals surface area contributed by atoms with Crippen LogP contribution in [0.4, 0.5) is 13.2 Å². The van der Waals surface area contributed by atoms with Gasteiger partial charge in [-0.2, -0.15) is 13.2 Å². The monoisotopic (exact) mass is 321 g/mol. The predicted octanol–water partition coefficient (Wildman–Crippen LogP) is 4.91. The fourth-order valence-corrected chi connectivity index (χ4v) is 2.71. The van der Waals surface area contributed by atoms with Crippen LogP contribution in [0.2, 0.25) is 0 Å². The Hall–Kier alpha value is -2.21. The highest BCUT2D eigenvalue weighted by molar-refractivity contribution is 7.80. The molecule has 3 aromatic rings. The van der Waals surface area contributed by atoms with Gasteiger partial charge in [-0.15, -0.1) is 12.6 Å². The molecule has 2 nitrogen and oxygen atoms in total. The molecule has 0 fully saturated rings. The van der Waals surface area contributed by atoms with E-state index in [4.69, 9.17) is 0 Å². The summed E-state index contributed by atoms with van der Waals surface area (Å²) in [5.74, 6) is 0.0298. The summed E-state index contributed by atoms with van der Waals surface area (Å²) >= 11 is 4.30. The zero-order valence-corrected chi connectivity index (χ0v) is 12.0. The number of thiol groups is 1. The highest BCUT2D eigenvalue weighted by Crippen LogP contribution is 2.39. The van der Waals surface area contributed by atoms with Crippen LogP contribution >= 0.6 is 12.6 Å². The van der Waals surface area contributed by atoms with Crippen LogP contribution in [0.15, 0.2) is 53.6 Å². The topological polar surface area (TPSA) is 33.1 Å². The summed E-state index contributed by atoms with van der Waals surface area (Å²) < 4.78 is 39.4. The van der Waals surface area contributed by atoms with Crippen molar-refractivity contribution in [2.24, 2.45) is 0 Å². The number of fused-ring (bicyclic) bond motifs is 1. The highest BCUT2D eigenvalue weighted by atomic mass is 32.1. The molecular formula is C16H10F3NOS. The van der Waals surface area contributed by atoms with Crippen molar-refractivity contribution in [2.75, 3.05) is 0 Å². The van der Waals surface area contributed by atoms with E-state index in [-0.39, 0.29) is 11.3 Å². The Balaban J connectivity index is 2.38. The van der Waals surface area contributed by atoms with Gasteiger partial charge in [-0.25, -0.2) is 0 Å².